The Kier molecular flexibility index (Phi) is 8.10. The molecule has 31 heavy (non-hydrogen) atoms. The molecule has 0 N–H and O–H groups in total. The summed E-state index contributed by atoms with van der Waals surface area (Å²) < 4.78 is 13.1. The normalized spacial score (nSPS) is 31.8. The fraction of sp³-hybridized carbons (Fsp3) is 0.923. The second-order valence-electron chi connectivity index (χ2n) is 11.0. The Hall–Kier alpha value is -0.683. The SMILES string of the molecule is CC[Si](CC)(CC)OC1(COC(=O)[C@@H](C)[C@H]2CC[C@H]3C(=O)CCC[C@]23C)CCCCC1. The molecule has 3 aliphatic rings. The zero-order chi connectivity index (χ0) is 22.7. The van der Waals surface area contributed by atoms with Gasteiger partial charge in [-0.2, -0.15) is 0 Å². The van der Waals surface area contributed by atoms with Gasteiger partial charge in [0.1, 0.15) is 12.4 Å². The molecule has 0 radical (unpaired) electrons. The van der Waals surface area contributed by atoms with Crippen molar-refractivity contribution in [1.82, 2.24) is 0 Å². The molecule has 0 heterocycles. The Morgan fingerprint density at radius 2 is 1.68 bits per heavy atom. The van der Waals surface area contributed by atoms with Crippen LogP contribution in [0.4, 0.5) is 0 Å². The third kappa shape index (κ3) is 4.97. The molecular formula is C26H46O4Si. The van der Waals surface area contributed by atoms with E-state index in [1.165, 1.54) is 19.3 Å². The van der Waals surface area contributed by atoms with Crippen LogP contribution in [0.2, 0.25) is 18.1 Å². The third-order valence-corrected chi connectivity index (χ3v) is 14.3. The van der Waals surface area contributed by atoms with Gasteiger partial charge in [0.2, 0.25) is 0 Å². The zero-order valence-electron chi connectivity index (χ0n) is 20.8. The highest BCUT2D eigenvalue weighted by Gasteiger charge is 2.54. The highest BCUT2D eigenvalue weighted by molar-refractivity contribution is 6.73. The Labute approximate surface area is 191 Å². The molecule has 0 aromatic rings. The molecule has 0 aromatic heterocycles. The van der Waals surface area contributed by atoms with Gasteiger partial charge in [-0.3, -0.25) is 9.59 Å². The number of Topliss-reactive ketones (excluding diaryl/α,β-unsaturated/α-hetero) is 1. The average Bonchev–Trinajstić information content (AvgIpc) is 3.14. The fourth-order valence-electron chi connectivity index (χ4n) is 7.19. The minimum absolute atomic E-state index is 0.0263. The van der Waals surface area contributed by atoms with Gasteiger partial charge in [0.15, 0.2) is 8.32 Å². The van der Waals surface area contributed by atoms with Crippen molar-refractivity contribution in [1.29, 1.82) is 0 Å². The quantitative estimate of drug-likeness (QED) is 0.290. The summed E-state index contributed by atoms with van der Waals surface area (Å²) in [5.41, 5.74) is -0.299. The molecule has 0 aromatic carbocycles. The summed E-state index contributed by atoms with van der Waals surface area (Å²) in [6.45, 7) is 11.5. The fourth-order valence-corrected chi connectivity index (χ4v) is 10.3. The van der Waals surface area contributed by atoms with Gasteiger partial charge in [-0.1, -0.05) is 53.9 Å². The molecule has 178 valence electrons. The molecule has 0 aliphatic heterocycles. The molecule has 3 rings (SSSR count). The molecule has 0 spiro atoms. The van der Waals surface area contributed by atoms with Crippen molar-refractivity contribution in [3.63, 3.8) is 0 Å². The maximum Gasteiger partial charge on any atom is 0.309 e. The van der Waals surface area contributed by atoms with Crippen LogP contribution < -0.4 is 0 Å². The van der Waals surface area contributed by atoms with E-state index in [-0.39, 0.29) is 34.7 Å². The second-order valence-corrected chi connectivity index (χ2v) is 15.7. The summed E-state index contributed by atoms with van der Waals surface area (Å²) in [4.78, 5) is 25.7. The number of hydrogen-bond acceptors (Lipinski definition) is 4. The lowest BCUT2D eigenvalue weighted by Gasteiger charge is -2.45. The van der Waals surface area contributed by atoms with E-state index >= 15 is 0 Å². The van der Waals surface area contributed by atoms with Crippen molar-refractivity contribution < 1.29 is 18.8 Å². The van der Waals surface area contributed by atoms with Crippen molar-refractivity contribution >= 4 is 20.1 Å². The van der Waals surface area contributed by atoms with Crippen molar-refractivity contribution in [3.05, 3.63) is 0 Å². The minimum Gasteiger partial charge on any atom is -0.462 e. The molecule has 0 unspecified atom stereocenters. The summed E-state index contributed by atoms with van der Waals surface area (Å²) in [6, 6.07) is 3.38. The average molecular weight is 451 g/mol. The van der Waals surface area contributed by atoms with Gasteiger partial charge >= 0.3 is 5.97 Å². The van der Waals surface area contributed by atoms with Crippen molar-refractivity contribution in [3.8, 4) is 0 Å². The van der Waals surface area contributed by atoms with Gasteiger partial charge in [0, 0.05) is 12.3 Å². The molecule has 0 bridgehead atoms. The van der Waals surface area contributed by atoms with Crippen LogP contribution >= 0.6 is 0 Å². The van der Waals surface area contributed by atoms with Gasteiger partial charge in [-0.05, 0) is 68.0 Å². The standard InChI is InChI=1S/C26H46O4Si/c1-6-31(7-2,8-3)30-26(17-10-9-11-18-26)19-29-24(28)20(4)21-14-15-22-23(27)13-12-16-25(21,22)5/h20-22H,6-19H2,1-5H3/t20-,21+,22-,25+/m0/s1. The number of ether oxygens (including phenoxy) is 1. The topological polar surface area (TPSA) is 52.6 Å². The number of ketones is 1. The highest BCUT2D eigenvalue weighted by atomic mass is 28.4. The van der Waals surface area contributed by atoms with Crippen LogP contribution in [-0.2, 0) is 18.8 Å². The van der Waals surface area contributed by atoms with E-state index < -0.39 is 8.32 Å². The smallest absolute Gasteiger partial charge is 0.309 e. The van der Waals surface area contributed by atoms with Gasteiger partial charge in [0.25, 0.3) is 0 Å². The number of esters is 1. The lowest BCUT2D eigenvalue weighted by molar-refractivity contribution is -0.160. The van der Waals surface area contributed by atoms with E-state index in [1.807, 2.05) is 6.92 Å². The summed E-state index contributed by atoms with van der Waals surface area (Å²) in [5, 5.41) is 0. The Morgan fingerprint density at radius 1 is 1.03 bits per heavy atom. The predicted molar refractivity (Wildman–Crippen MR) is 127 cm³/mol. The molecule has 3 fully saturated rings. The van der Waals surface area contributed by atoms with E-state index in [2.05, 4.69) is 27.7 Å². The van der Waals surface area contributed by atoms with Gasteiger partial charge in [-0.25, -0.2) is 0 Å². The molecule has 3 saturated carbocycles. The van der Waals surface area contributed by atoms with Crippen molar-refractivity contribution in [2.24, 2.45) is 23.2 Å². The molecular weight excluding hydrogens is 404 g/mol. The van der Waals surface area contributed by atoms with E-state index in [9.17, 15) is 9.59 Å². The highest BCUT2D eigenvalue weighted by Crippen LogP contribution is 2.56. The van der Waals surface area contributed by atoms with E-state index in [4.69, 9.17) is 9.16 Å². The minimum atomic E-state index is -1.77. The van der Waals surface area contributed by atoms with Crippen LogP contribution in [0, 0.1) is 23.2 Å². The summed E-state index contributed by atoms with van der Waals surface area (Å²) in [7, 11) is -1.77. The first-order valence-corrected chi connectivity index (χ1v) is 15.7. The Bertz CT molecular complexity index is 629. The first kappa shape index (κ1) is 24.9. The first-order chi connectivity index (χ1) is 14.7. The molecule has 5 heteroatoms. The van der Waals surface area contributed by atoms with Crippen molar-refractivity contribution in [2.45, 2.75) is 123 Å². The first-order valence-electron chi connectivity index (χ1n) is 13.1. The van der Waals surface area contributed by atoms with Crippen LogP contribution in [0.1, 0.15) is 98.8 Å². The van der Waals surface area contributed by atoms with Gasteiger partial charge in [0.05, 0.1) is 11.5 Å². The van der Waals surface area contributed by atoms with E-state index in [1.54, 1.807) is 0 Å². The molecule has 3 aliphatic carbocycles. The maximum absolute atomic E-state index is 13.2. The van der Waals surface area contributed by atoms with Crippen LogP contribution in [0.25, 0.3) is 0 Å². The molecule has 4 atom stereocenters. The molecule has 0 saturated heterocycles. The van der Waals surface area contributed by atoms with Crippen LogP contribution in [0.15, 0.2) is 0 Å². The molecule has 4 nitrogen and oxygen atoms in total. The largest absolute Gasteiger partial charge is 0.462 e. The predicted octanol–water partition coefficient (Wildman–Crippen LogP) is 6.68. The maximum atomic E-state index is 13.2. The monoisotopic (exact) mass is 450 g/mol. The second kappa shape index (κ2) is 10.1. The van der Waals surface area contributed by atoms with Gasteiger partial charge < -0.3 is 9.16 Å². The summed E-state index contributed by atoms with van der Waals surface area (Å²) in [5.74, 6) is 0.612. The number of rotatable bonds is 9. The lowest BCUT2D eigenvalue weighted by Crippen LogP contribution is -2.51. The number of carbonyl (C=O) groups is 2. The Morgan fingerprint density at radius 3 is 2.29 bits per heavy atom. The van der Waals surface area contributed by atoms with Gasteiger partial charge in [-0.15, -0.1) is 0 Å². The molecule has 0 amide bonds. The van der Waals surface area contributed by atoms with Crippen LogP contribution in [-0.4, -0.2) is 32.3 Å². The van der Waals surface area contributed by atoms with Crippen LogP contribution in [0.3, 0.4) is 0 Å². The third-order valence-electron chi connectivity index (χ3n) is 9.52. The Balaban J connectivity index is 1.67. The zero-order valence-corrected chi connectivity index (χ0v) is 21.8. The van der Waals surface area contributed by atoms with Crippen LogP contribution in [0.5, 0.6) is 0 Å². The number of fused-ring (bicyclic) bond motifs is 1. The lowest BCUT2D eigenvalue weighted by atomic mass is 9.62. The summed E-state index contributed by atoms with van der Waals surface area (Å²) in [6.07, 6.45) is 10.3. The number of carbonyl (C=O) groups excluding carboxylic acids is 2. The van der Waals surface area contributed by atoms with E-state index in [0.29, 0.717) is 12.4 Å². The number of hydrogen-bond donors (Lipinski definition) is 0. The summed E-state index contributed by atoms with van der Waals surface area (Å²) >= 11 is 0. The van der Waals surface area contributed by atoms with E-state index in [0.717, 1.165) is 63.1 Å². The van der Waals surface area contributed by atoms with Crippen molar-refractivity contribution in [2.75, 3.05) is 6.61 Å².